The summed E-state index contributed by atoms with van der Waals surface area (Å²) in [5.74, 6) is 0. The molecule has 4 nitrogen and oxygen atoms in total. The van der Waals surface area contributed by atoms with E-state index in [-0.39, 0.29) is 0 Å². The van der Waals surface area contributed by atoms with Crippen molar-refractivity contribution in [2.24, 2.45) is 0 Å². The molecule has 0 bridgehead atoms. The molecule has 2 aromatic carbocycles. The normalized spacial score (nSPS) is 11.7. The molecule has 164 valence electrons. The summed E-state index contributed by atoms with van der Waals surface area (Å²) in [7, 11) is 0. The molecule has 0 unspecified atom stereocenters. The molecule has 0 saturated heterocycles. The van der Waals surface area contributed by atoms with Crippen LogP contribution in [0.1, 0.15) is 24.5 Å². The van der Waals surface area contributed by atoms with Gasteiger partial charge in [-0.15, -0.1) is 0 Å². The van der Waals surface area contributed by atoms with Crippen LogP contribution < -0.4 is 5.32 Å². The summed E-state index contributed by atoms with van der Waals surface area (Å²) < 4.78 is 0. The fourth-order valence-corrected chi connectivity index (χ4v) is 3.44. The maximum Gasteiger partial charge on any atom is 0.211 e. The van der Waals surface area contributed by atoms with Gasteiger partial charge in [0.1, 0.15) is 0 Å². The van der Waals surface area contributed by atoms with E-state index in [1.807, 2.05) is 25.2 Å². The summed E-state index contributed by atoms with van der Waals surface area (Å²) in [4.78, 5) is 15.6. The number of carbonyl (C=O) groups excluding carboxylic acids is 1. The first-order valence-corrected chi connectivity index (χ1v) is 10.9. The number of hydrogen-bond donors (Lipinski definition) is 1. The highest BCUT2D eigenvalue weighted by atomic mass is 16.1. The first-order valence-electron chi connectivity index (χ1n) is 10.9. The Morgan fingerprint density at radius 3 is 2.13 bits per heavy atom. The van der Waals surface area contributed by atoms with Gasteiger partial charge in [0.15, 0.2) is 0 Å². The van der Waals surface area contributed by atoms with Crippen LogP contribution in [0.2, 0.25) is 0 Å². The number of benzene rings is 2. The molecule has 0 fully saturated rings. The quantitative estimate of drug-likeness (QED) is 0.196. The molecule has 2 aromatic rings. The maximum atomic E-state index is 11.4. The SMILES string of the molecule is C=C/C=C(\C=C/C)CN(C=O)CNCCCN(Cc1ccccc1)Cc1ccccc1. The van der Waals surface area contributed by atoms with Gasteiger partial charge >= 0.3 is 0 Å². The van der Waals surface area contributed by atoms with Crippen LogP contribution in [0.3, 0.4) is 0 Å². The molecule has 0 spiro atoms. The predicted octanol–water partition coefficient (Wildman–Crippen LogP) is 4.77. The lowest BCUT2D eigenvalue weighted by Gasteiger charge is -2.23. The highest BCUT2D eigenvalue weighted by molar-refractivity contribution is 5.48. The third-order valence-electron chi connectivity index (χ3n) is 4.89. The van der Waals surface area contributed by atoms with Crippen molar-refractivity contribution in [3.05, 3.63) is 108 Å². The molecule has 2 rings (SSSR count). The fourth-order valence-electron chi connectivity index (χ4n) is 3.44. The molecule has 1 amide bonds. The van der Waals surface area contributed by atoms with E-state index in [1.165, 1.54) is 11.1 Å². The number of carbonyl (C=O) groups is 1. The molecule has 31 heavy (non-hydrogen) atoms. The molecule has 0 aliphatic carbocycles. The largest absolute Gasteiger partial charge is 0.328 e. The number of amides is 1. The van der Waals surface area contributed by atoms with E-state index in [2.05, 4.69) is 77.5 Å². The Balaban J connectivity index is 1.81. The van der Waals surface area contributed by atoms with Crippen molar-refractivity contribution in [2.75, 3.05) is 26.3 Å². The summed E-state index contributed by atoms with van der Waals surface area (Å²) in [5.41, 5.74) is 3.70. The highest BCUT2D eigenvalue weighted by Crippen LogP contribution is 2.10. The Kier molecular flexibility index (Phi) is 11.7. The monoisotopic (exact) mass is 417 g/mol. The van der Waals surface area contributed by atoms with E-state index in [0.29, 0.717) is 13.2 Å². The van der Waals surface area contributed by atoms with Gasteiger partial charge in [-0.05, 0) is 36.6 Å². The standard InChI is InChI=1S/C27H35N3O/c1-3-12-25(13-4-2)22-30(24-31)23-28-18-11-19-29(20-26-14-7-5-8-15-26)21-27-16-9-6-10-17-27/h3-10,12-17,24,28H,1,11,18-23H2,2H3/b13-4-,25-12+. The van der Waals surface area contributed by atoms with Crippen LogP contribution in [0, 0.1) is 0 Å². The summed E-state index contributed by atoms with van der Waals surface area (Å²) in [5, 5.41) is 3.40. The highest BCUT2D eigenvalue weighted by Gasteiger charge is 2.08. The Bertz CT molecular complexity index is 773. The van der Waals surface area contributed by atoms with E-state index < -0.39 is 0 Å². The van der Waals surface area contributed by atoms with Gasteiger partial charge in [-0.25, -0.2) is 0 Å². The lowest BCUT2D eigenvalue weighted by Crippen LogP contribution is -2.36. The molecular formula is C27H35N3O. The average Bonchev–Trinajstić information content (AvgIpc) is 2.79. The smallest absolute Gasteiger partial charge is 0.211 e. The first-order chi connectivity index (χ1) is 15.2. The van der Waals surface area contributed by atoms with E-state index in [1.54, 1.807) is 11.0 Å². The maximum absolute atomic E-state index is 11.4. The van der Waals surface area contributed by atoms with Crippen LogP contribution in [-0.2, 0) is 17.9 Å². The van der Waals surface area contributed by atoms with Crippen LogP contribution in [0.4, 0.5) is 0 Å². The van der Waals surface area contributed by atoms with Crippen molar-refractivity contribution in [3.8, 4) is 0 Å². The van der Waals surface area contributed by atoms with Gasteiger partial charge in [-0.1, -0.05) is 91.5 Å². The van der Waals surface area contributed by atoms with Crippen molar-refractivity contribution >= 4 is 6.41 Å². The third-order valence-corrected chi connectivity index (χ3v) is 4.89. The van der Waals surface area contributed by atoms with Gasteiger partial charge in [-0.3, -0.25) is 15.0 Å². The first kappa shape index (κ1) is 24.3. The van der Waals surface area contributed by atoms with Crippen molar-refractivity contribution in [1.29, 1.82) is 0 Å². The van der Waals surface area contributed by atoms with Crippen molar-refractivity contribution in [3.63, 3.8) is 0 Å². The van der Waals surface area contributed by atoms with Crippen molar-refractivity contribution < 1.29 is 4.79 Å². The van der Waals surface area contributed by atoms with Gasteiger partial charge in [0, 0.05) is 26.2 Å². The van der Waals surface area contributed by atoms with E-state index in [0.717, 1.165) is 44.6 Å². The van der Waals surface area contributed by atoms with Crippen LogP contribution >= 0.6 is 0 Å². The number of allylic oxidation sites excluding steroid dienone is 3. The summed E-state index contributed by atoms with van der Waals surface area (Å²) in [6, 6.07) is 21.2. The minimum atomic E-state index is 0.535. The zero-order valence-electron chi connectivity index (χ0n) is 18.6. The van der Waals surface area contributed by atoms with Crippen LogP contribution in [-0.4, -0.2) is 42.5 Å². The minimum Gasteiger partial charge on any atom is -0.328 e. The molecule has 0 heterocycles. The van der Waals surface area contributed by atoms with E-state index in [4.69, 9.17) is 0 Å². The second-order valence-corrected chi connectivity index (χ2v) is 7.52. The Morgan fingerprint density at radius 1 is 1.00 bits per heavy atom. The fraction of sp³-hybridized carbons (Fsp3) is 0.296. The predicted molar refractivity (Wildman–Crippen MR) is 130 cm³/mol. The van der Waals surface area contributed by atoms with Gasteiger partial charge in [-0.2, -0.15) is 0 Å². The summed E-state index contributed by atoms with van der Waals surface area (Å²) in [6.07, 6.45) is 9.56. The zero-order chi connectivity index (χ0) is 22.2. The van der Waals surface area contributed by atoms with Gasteiger partial charge in [0.25, 0.3) is 0 Å². The molecule has 0 aliphatic heterocycles. The number of hydrogen-bond acceptors (Lipinski definition) is 3. The number of rotatable bonds is 15. The number of nitrogens with one attached hydrogen (secondary N) is 1. The molecule has 0 radical (unpaired) electrons. The lowest BCUT2D eigenvalue weighted by molar-refractivity contribution is -0.118. The molecule has 0 saturated carbocycles. The van der Waals surface area contributed by atoms with Gasteiger partial charge < -0.3 is 4.90 Å². The number of nitrogens with zero attached hydrogens (tertiary/aromatic N) is 2. The Labute approximate surface area is 187 Å². The second kappa shape index (κ2) is 14.9. The Morgan fingerprint density at radius 2 is 1.61 bits per heavy atom. The molecule has 4 heteroatoms. The summed E-state index contributed by atoms with van der Waals surface area (Å²) >= 11 is 0. The van der Waals surface area contributed by atoms with Crippen LogP contribution in [0.25, 0.3) is 0 Å². The molecule has 0 aliphatic rings. The Hall–Kier alpha value is -2.95. The van der Waals surface area contributed by atoms with Crippen molar-refractivity contribution in [1.82, 2.24) is 15.1 Å². The minimum absolute atomic E-state index is 0.535. The molecule has 1 N–H and O–H groups in total. The van der Waals surface area contributed by atoms with E-state index >= 15 is 0 Å². The van der Waals surface area contributed by atoms with Crippen LogP contribution in [0.15, 0.2) is 97.1 Å². The molecular weight excluding hydrogens is 382 g/mol. The van der Waals surface area contributed by atoms with Crippen molar-refractivity contribution in [2.45, 2.75) is 26.4 Å². The topological polar surface area (TPSA) is 35.6 Å². The second-order valence-electron chi connectivity index (χ2n) is 7.52. The molecule has 0 aromatic heterocycles. The lowest BCUT2D eigenvalue weighted by atomic mass is 10.1. The average molecular weight is 418 g/mol. The van der Waals surface area contributed by atoms with Crippen LogP contribution in [0.5, 0.6) is 0 Å². The van der Waals surface area contributed by atoms with Gasteiger partial charge in [0.2, 0.25) is 6.41 Å². The zero-order valence-corrected chi connectivity index (χ0v) is 18.6. The molecule has 0 atom stereocenters. The van der Waals surface area contributed by atoms with Gasteiger partial charge in [0.05, 0.1) is 6.67 Å². The van der Waals surface area contributed by atoms with E-state index in [9.17, 15) is 4.79 Å². The summed E-state index contributed by atoms with van der Waals surface area (Å²) in [6.45, 7) is 10.5. The third kappa shape index (κ3) is 10.1.